The Morgan fingerprint density at radius 3 is 2.85 bits per heavy atom. The van der Waals surface area contributed by atoms with Crippen molar-refractivity contribution >= 4 is 5.95 Å². The van der Waals surface area contributed by atoms with E-state index in [1.54, 1.807) is 7.11 Å². The summed E-state index contributed by atoms with van der Waals surface area (Å²) in [5, 5.41) is 7.28. The number of methoxy groups -OCH3 is 1. The molecule has 3 N–H and O–H groups in total. The zero-order chi connectivity index (χ0) is 13.9. The van der Waals surface area contributed by atoms with Crippen LogP contribution in [0.15, 0.2) is 24.3 Å². The number of ether oxygens (including phenoxy) is 1. The summed E-state index contributed by atoms with van der Waals surface area (Å²) < 4.78 is 5.15. The van der Waals surface area contributed by atoms with Crippen molar-refractivity contribution in [1.82, 2.24) is 15.2 Å². The fourth-order valence-electron chi connectivity index (χ4n) is 2.46. The van der Waals surface area contributed by atoms with Gasteiger partial charge < -0.3 is 15.4 Å². The Morgan fingerprint density at radius 2 is 2.15 bits per heavy atom. The van der Waals surface area contributed by atoms with Crippen LogP contribution in [-0.4, -0.2) is 41.4 Å². The van der Waals surface area contributed by atoms with Gasteiger partial charge in [0.15, 0.2) is 5.82 Å². The van der Waals surface area contributed by atoms with Crippen LogP contribution in [0, 0.1) is 0 Å². The van der Waals surface area contributed by atoms with E-state index < -0.39 is 0 Å². The maximum atomic E-state index is 5.99. The maximum Gasteiger partial charge on any atom is 0.245 e. The van der Waals surface area contributed by atoms with Gasteiger partial charge in [-0.3, -0.25) is 5.10 Å². The van der Waals surface area contributed by atoms with Crippen LogP contribution >= 0.6 is 0 Å². The molecule has 0 bridgehead atoms. The first-order valence-electron chi connectivity index (χ1n) is 6.83. The second-order valence-electron chi connectivity index (χ2n) is 5.06. The van der Waals surface area contributed by atoms with Crippen LogP contribution in [0.4, 0.5) is 5.95 Å². The highest BCUT2D eigenvalue weighted by Gasteiger charge is 2.20. The first-order chi connectivity index (χ1) is 9.76. The average Bonchev–Trinajstić information content (AvgIpc) is 2.97. The van der Waals surface area contributed by atoms with E-state index in [0.717, 1.165) is 49.0 Å². The Morgan fingerprint density at radius 1 is 1.35 bits per heavy atom. The van der Waals surface area contributed by atoms with Crippen molar-refractivity contribution in [3.05, 3.63) is 24.3 Å². The van der Waals surface area contributed by atoms with E-state index in [2.05, 4.69) is 20.1 Å². The third-order valence-corrected chi connectivity index (χ3v) is 3.58. The topological polar surface area (TPSA) is 80.1 Å². The van der Waals surface area contributed by atoms with Crippen LogP contribution in [0.3, 0.4) is 0 Å². The molecule has 0 amide bonds. The lowest BCUT2D eigenvalue weighted by atomic mass is 10.1. The van der Waals surface area contributed by atoms with Crippen LogP contribution in [0.1, 0.15) is 12.8 Å². The van der Waals surface area contributed by atoms with E-state index in [9.17, 15) is 0 Å². The van der Waals surface area contributed by atoms with Gasteiger partial charge in [-0.05, 0) is 37.1 Å². The largest absolute Gasteiger partial charge is 0.497 e. The number of piperidine rings is 1. The molecule has 1 aromatic carbocycles. The second kappa shape index (κ2) is 5.50. The summed E-state index contributed by atoms with van der Waals surface area (Å²) in [6.07, 6.45) is 2.17. The minimum atomic E-state index is 0.215. The Labute approximate surface area is 118 Å². The SMILES string of the molecule is COc1ccc(-c2nc(N3CCCC(N)C3)n[nH]2)cc1. The van der Waals surface area contributed by atoms with Crippen LogP contribution < -0.4 is 15.4 Å². The van der Waals surface area contributed by atoms with Crippen molar-refractivity contribution in [1.29, 1.82) is 0 Å². The highest BCUT2D eigenvalue weighted by Crippen LogP contribution is 2.22. The molecule has 1 aromatic heterocycles. The van der Waals surface area contributed by atoms with Gasteiger partial charge in [-0.15, -0.1) is 5.10 Å². The Hall–Kier alpha value is -2.08. The Bertz CT molecular complexity index is 565. The minimum absolute atomic E-state index is 0.215. The first-order valence-corrected chi connectivity index (χ1v) is 6.83. The lowest BCUT2D eigenvalue weighted by Crippen LogP contribution is -2.43. The van der Waals surface area contributed by atoms with Gasteiger partial charge >= 0.3 is 0 Å². The number of nitrogens with one attached hydrogen (secondary N) is 1. The summed E-state index contributed by atoms with van der Waals surface area (Å²) >= 11 is 0. The monoisotopic (exact) mass is 273 g/mol. The second-order valence-corrected chi connectivity index (χ2v) is 5.06. The summed E-state index contributed by atoms with van der Waals surface area (Å²) in [5.74, 6) is 2.32. The van der Waals surface area contributed by atoms with Gasteiger partial charge in [-0.2, -0.15) is 4.98 Å². The molecule has 1 unspecified atom stereocenters. The lowest BCUT2D eigenvalue weighted by molar-refractivity contribution is 0.415. The average molecular weight is 273 g/mol. The van der Waals surface area contributed by atoms with Crippen LogP contribution in [0.25, 0.3) is 11.4 Å². The molecule has 0 saturated carbocycles. The molecule has 6 heteroatoms. The quantitative estimate of drug-likeness (QED) is 0.883. The molecule has 1 aliphatic rings. The molecule has 106 valence electrons. The number of nitrogens with two attached hydrogens (primary N) is 1. The molecule has 6 nitrogen and oxygen atoms in total. The van der Waals surface area contributed by atoms with Crippen LogP contribution in [0.2, 0.25) is 0 Å². The van der Waals surface area contributed by atoms with E-state index in [1.165, 1.54) is 0 Å². The van der Waals surface area contributed by atoms with Gasteiger partial charge in [-0.25, -0.2) is 0 Å². The van der Waals surface area contributed by atoms with E-state index in [4.69, 9.17) is 10.5 Å². The van der Waals surface area contributed by atoms with Crippen molar-refractivity contribution < 1.29 is 4.74 Å². The molecule has 0 aliphatic carbocycles. The number of hydrogen-bond donors (Lipinski definition) is 2. The van der Waals surface area contributed by atoms with Crippen molar-refractivity contribution in [2.75, 3.05) is 25.1 Å². The zero-order valence-electron chi connectivity index (χ0n) is 11.5. The number of nitrogens with zero attached hydrogens (tertiary/aromatic N) is 3. The third-order valence-electron chi connectivity index (χ3n) is 3.58. The molecule has 20 heavy (non-hydrogen) atoms. The first kappa shape index (κ1) is 12.9. The molecule has 1 saturated heterocycles. The highest BCUT2D eigenvalue weighted by atomic mass is 16.5. The standard InChI is InChI=1S/C14H19N5O/c1-20-12-6-4-10(5-7-12)13-16-14(18-17-13)19-8-2-3-11(15)9-19/h4-7,11H,2-3,8-9,15H2,1H3,(H,16,17,18). The van der Waals surface area contributed by atoms with E-state index in [0.29, 0.717) is 0 Å². The van der Waals surface area contributed by atoms with Crippen LogP contribution in [0.5, 0.6) is 5.75 Å². The normalized spacial score (nSPS) is 19.1. The van der Waals surface area contributed by atoms with Gasteiger partial charge in [0.25, 0.3) is 0 Å². The smallest absolute Gasteiger partial charge is 0.245 e. The van der Waals surface area contributed by atoms with Crippen LogP contribution in [-0.2, 0) is 0 Å². The van der Waals surface area contributed by atoms with E-state index >= 15 is 0 Å². The number of aromatic amines is 1. The molecule has 2 heterocycles. The number of benzene rings is 1. The van der Waals surface area contributed by atoms with E-state index in [-0.39, 0.29) is 6.04 Å². The third kappa shape index (κ3) is 2.60. The predicted molar refractivity (Wildman–Crippen MR) is 77.8 cm³/mol. The van der Waals surface area contributed by atoms with Gasteiger partial charge in [0, 0.05) is 24.7 Å². The van der Waals surface area contributed by atoms with Crippen molar-refractivity contribution in [2.24, 2.45) is 5.73 Å². The summed E-state index contributed by atoms with van der Waals surface area (Å²) in [6, 6.07) is 7.96. The van der Waals surface area contributed by atoms with E-state index in [1.807, 2.05) is 24.3 Å². The number of rotatable bonds is 3. The van der Waals surface area contributed by atoms with Gasteiger partial charge in [0.05, 0.1) is 7.11 Å². The molecule has 0 radical (unpaired) electrons. The highest BCUT2D eigenvalue weighted by molar-refractivity contribution is 5.57. The van der Waals surface area contributed by atoms with Crippen molar-refractivity contribution in [3.8, 4) is 17.1 Å². The fraction of sp³-hybridized carbons (Fsp3) is 0.429. The molecular formula is C14H19N5O. The Kier molecular flexibility index (Phi) is 3.56. The summed E-state index contributed by atoms with van der Waals surface area (Å²) in [7, 11) is 1.65. The predicted octanol–water partition coefficient (Wildman–Crippen LogP) is 1.41. The lowest BCUT2D eigenvalue weighted by Gasteiger charge is -2.29. The molecule has 3 rings (SSSR count). The van der Waals surface area contributed by atoms with Gasteiger partial charge in [0.1, 0.15) is 5.75 Å². The molecule has 0 spiro atoms. The molecule has 2 aromatic rings. The zero-order valence-corrected chi connectivity index (χ0v) is 11.5. The summed E-state index contributed by atoms with van der Waals surface area (Å²) in [6.45, 7) is 1.79. The molecular weight excluding hydrogens is 254 g/mol. The number of aromatic nitrogens is 3. The fourth-order valence-corrected chi connectivity index (χ4v) is 2.46. The molecule has 1 aliphatic heterocycles. The minimum Gasteiger partial charge on any atom is -0.497 e. The number of H-pyrrole nitrogens is 1. The number of anilines is 1. The van der Waals surface area contributed by atoms with Gasteiger partial charge in [0.2, 0.25) is 5.95 Å². The van der Waals surface area contributed by atoms with Gasteiger partial charge in [-0.1, -0.05) is 0 Å². The summed E-state index contributed by atoms with van der Waals surface area (Å²) in [4.78, 5) is 6.69. The Balaban J connectivity index is 1.78. The van der Waals surface area contributed by atoms with Crippen molar-refractivity contribution in [2.45, 2.75) is 18.9 Å². The maximum absolute atomic E-state index is 5.99. The van der Waals surface area contributed by atoms with Crippen molar-refractivity contribution in [3.63, 3.8) is 0 Å². The summed E-state index contributed by atoms with van der Waals surface area (Å²) in [5.41, 5.74) is 6.98. The molecule has 1 atom stereocenters. The molecule has 1 fully saturated rings. The number of hydrogen-bond acceptors (Lipinski definition) is 5.